The van der Waals surface area contributed by atoms with Gasteiger partial charge < -0.3 is 23.3 Å². The molecule has 134 valence electrons. The number of esters is 3. The first-order chi connectivity index (χ1) is 10.9. The van der Waals surface area contributed by atoms with Crippen molar-refractivity contribution in [3.8, 4) is 0 Å². The van der Waals surface area contributed by atoms with Crippen LogP contribution in [0.15, 0.2) is 0 Å². The van der Waals surface area contributed by atoms with Gasteiger partial charge in [0, 0.05) is 6.42 Å². The van der Waals surface area contributed by atoms with Crippen molar-refractivity contribution in [2.24, 2.45) is 0 Å². The van der Waals surface area contributed by atoms with Gasteiger partial charge in [0.25, 0.3) is 0 Å². The number of carbonyl (C=O) groups is 3. The summed E-state index contributed by atoms with van der Waals surface area (Å²) in [4.78, 5) is 33.6. The molecule has 10 heteroatoms. The SMILES string of the molecule is CCOC(=O)C(=O)OCCCOC(=O)CP(=O)(OCC)OCC. The number of ether oxygens (including phenoxy) is 3. The minimum Gasteiger partial charge on any atom is -0.465 e. The normalized spacial score (nSPS) is 10.9. The zero-order chi connectivity index (χ0) is 17.7. The summed E-state index contributed by atoms with van der Waals surface area (Å²) in [6.45, 7) is 5.03. The van der Waals surface area contributed by atoms with Crippen LogP contribution < -0.4 is 0 Å². The van der Waals surface area contributed by atoms with E-state index in [9.17, 15) is 18.9 Å². The van der Waals surface area contributed by atoms with Crippen LogP contribution in [0.1, 0.15) is 27.2 Å². The van der Waals surface area contributed by atoms with E-state index in [1.807, 2.05) is 0 Å². The minimum atomic E-state index is -3.49. The number of hydrogen-bond acceptors (Lipinski definition) is 9. The fourth-order valence-electron chi connectivity index (χ4n) is 1.38. The van der Waals surface area contributed by atoms with E-state index in [-0.39, 0.29) is 39.5 Å². The van der Waals surface area contributed by atoms with E-state index in [1.54, 1.807) is 20.8 Å². The van der Waals surface area contributed by atoms with Crippen LogP contribution in [0.3, 0.4) is 0 Å². The summed E-state index contributed by atoms with van der Waals surface area (Å²) in [5.41, 5.74) is 0. The lowest BCUT2D eigenvalue weighted by Gasteiger charge is -2.16. The summed E-state index contributed by atoms with van der Waals surface area (Å²) in [5, 5.41) is 0. The Balaban J connectivity index is 3.96. The third-order valence-electron chi connectivity index (χ3n) is 2.20. The standard InChI is InChI=1S/C13H23O9P/c1-4-18-12(15)13(16)20-9-7-8-19-11(14)10-23(17,21-5-2)22-6-3/h4-10H2,1-3H3. The van der Waals surface area contributed by atoms with Crippen molar-refractivity contribution in [3.63, 3.8) is 0 Å². The van der Waals surface area contributed by atoms with E-state index in [4.69, 9.17) is 13.8 Å². The van der Waals surface area contributed by atoms with Crippen LogP contribution in [-0.2, 0) is 42.2 Å². The molecule has 0 aromatic carbocycles. The highest BCUT2D eigenvalue weighted by Gasteiger charge is 2.28. The van der Waals surface area contributed by atoms with Crippen LogP contribution in [0.5, 0.6) is 0 Å². The van der Waals surface area contributed by atoms with Gasteiger partial charge in [-0.05, 0) is 20.8 Å². The Morgan fingerprint density at radius 3 is 1.83 bits per heavy atom. The van der Waals surface area contributed by atoms with Gasteiger partial charge in [-0.2, -0.15) is 0 Å². The van der Waals surface area contributed by atoms with Crippen molar-refractivity contribution in [1.29, 1.82) is 0 Å². The second-order valence-electron chi connectivity index (χ2n) is 4.03. The number of rotatable bonds is 11. The van der Waals surface area contributed by atoms with Crippen molar-refractivity contribution in [1.82, 2.24) is 0 Å². The average Bonchev–Trinajstić information content (AvgIpc) is 2.47. The lowest BCUT2D eigenvalue weighted by atomic mass is 10.5. The summed E-state index contributed by atoms with van der Waals surface area (Å²) in [7, 11) is -3.49. The Kier molecular flexibility index (Phi) is 11.3. The summed E-state index contributed by atoms with van der Waals surface area (Å²) >= 11 is 0. The maximum atomic E-state index is 12.1. The first kappa shape index (κ1) is 21.6. The third-order valence-corrected chi connectivity index (χ3v) is 4.15. The Morgan fingerprint density at radius 2 is 1.30 bits per heavy atom. The highest BCUT2D eigenvalue weighted by molar-refractivity contribution is 7.54. The Hall–Kier alpha value is -1.44. The van der Waals surface area contributed by atoms with E-state index >= 15 is 0 Å². The molecule has 0 amide bonds. The average molecular weight is 354 g/mol. The van der Waals surface area contributed by atoms with Crippen molar-refractivity contribution < 1.29 is 42.2 Å². The van der Waals surface area contributed by atoms with E-state index in [1.165, 1.54) is 0 Å². The number of hydrogen-bond donors (Lipinski definition) is 0. The van der Waals surface area contributed by atoms with Crippen LogP contribution in [0.25, 0.3) is 0 Å². The quantitative estimate of drug-likeness (QED) is 0.178. The van der Waals surface area contributed by atoms with E-state index < -0.39 is 31.7 Å². The van der Waals surface area contributed by atoms with E-state index in [0.717, 1.165) is 0 Å². The molecular formula is C13H23O9P. The molecule has 0 saturated heterocycles. The first-order valence-electron chi connectivity index (χ1n) is 7.26. The van der Waals surface area contributed by atoms with Gasteiger partial charge in [0.2, 0.25) is 0 Å². The summed E-state index contributed by atoms with van der Waals surface area (Å²) in [6.07, 6.45) is -0.304. The smallest absolute Gasteiger partial charge is 0.417 e. The van der Waals surface area contributed by atoms with Gasteiger partial charge in [-0.15, -0.1) is 0 Å². The van der Waals surface area contributed by atoms with Gasteiger partial charge in [0.1, 0.15) is 6.16 Å². The monoisotopic (exact) mass is 354 g/mol. The summed E-state index contributed by atoms with van der Waals surface area (Å²) in [5.74, 6) is -2.92. The Bertz CT molecular complexity index is 425. The van der Waals surface area contributed by atoms with Gasteiger partial charge in [-0.1, -0.05) is 0 Å². The molecule has 0 heterocycles. The second-order valence-corrected chi connectivity index (χ2v) is 6.09. The van der Waals surface area contributed by atoms with Gasteiger partial charge in [0.05, 0.1) is 33.0 Å². The van der Waals surface area contributed by atoms with Crippen LogP contribution in [0.4, 0.5) is 0 Å². The van der Waals surface area contributed by atoms with Crippen LogP contribution >= 0.6 is 7.60 Å². The van der Waals surface area contributed by atoms with Gasteiger partial charge >= 0.3 is 25.5 Å². The molecule has 0 fully saturated rings. The largest absolute Gasteiger partial charge is 0.465 e. The van der Waals surface area contributed by atoms with Crippen LogP contribution in [0, 0.1) is 0 Å². The molecular weight excluding hydrogens is 331 g/mol. The number of carbonyl (C=O) groups excluding carboxylic acids is 3. The third kappa shape index (κ3) is 10.0. The summed E-state index contributed by atoms with van der Waals surface area (Å²) in [6, 6.07) is 0. The molecule has 0 unspecified atom stereocenters. The zero-order valence-electron chi connectivity index (χ0n) is 13.6. The van der Waals surface area contributed by atoms with E-state index in [2.05, 4.69) is 9.47 Å². The predicted molar refractivity (Wildman–Crippen MR) is 78.9 cm³/mol. The molecule has 9 nitrogen and oxygen atoms in total. The molecule has 0 aliphatic heterocycles. The lowest BCUT2D eigenvalue weighted by Crippen LogP contribution is -2.21. The fraction of sp³-hybridized carbons (Fsp3) is 0.769. The lowest BCUT2D eigenvalue weighted by molar-refractivity contribution is -0.167. The molecule has 0 atom stereocenters. The second kappa shape index (κ2) is 12.0. The van der Waals surface area contributed by atoms with Gasteiger partial charge in [-0.3, -0.25) is 9.36 Å². The van der Waals surface area contributed by atoms with Gasteiger partial charge in [-0.25, -0.2) is 9.59 Å². The van der Waals surface area contributed by atoms with Crippen molar-refractivity contribution in [3.05, 3.63) is 0 Å². The molecule has 0 aromatic heterocycles. The maximum Gasteiger partial charge on any atom is 0.417 e. The minimum absolute atomic E-state index is 0.0623. The highest BCUT2D eigenvalue weighted by atomic mass is 31.2. The molecule has 0 spiro atoms. The van der Waals surface area contributed by atoms with Gasteiger partial charge in [0.15, 0.2) is 0 Å². The molecule has 0 N–H and O–H groups in total. The molecule has 0 aliphatic rings. The molecule has 0 rings (SSSR count). The molecule has 0 aliphatic carbocycles. The maximum absolute atomic E-state index is 12.1. The first-order valence-corrected chi connectivity index (χ1v) is 8.98. The van der Waals surface area contributed by atoms with Crippen LogP contribution in [-0.4, -0.2) is 57.1 Å². The molecule has 23 heavy (non-hydrogen) atoms. The molecule has 0 bridgehead atoms. The van der Waals surface area contributed by atoms with Crippen molar-refractivity contribution in [2.45, 2.75) is 27.2 Å². The van der Waals surface area contributed by atoms with Crippen LogP contribution in [0.2, 0.25) is 0 Å². The topological polar surface area (TPSA) is 114 Å². The zero-order valence-corrected chi connectivity index (χ0v) is 14.5. The Labute approximate surface area is 135 Å². The molecule has 0 radical (unpaired) electrons. The fourth-order valence-corrected chi connectivity index (χ4v) is 2.84. The van der Waals surface area contributed by atoms with Crippen molar-refractivity contribution in [2.75, 3.05) is 39.2 Å². The summed E-state index contributed by atoms with van der Waals surface area (Å²) < 4.78 is 35.9. The molecule has 0 aromatic rings. The Morgan fingerprint density at radius 1 is 0.783 bits per heavy atom. The highest BCUT2D eigenvalue weighted by Crippen LogP contribution is 2.47. The van der Waals surface area contributed by atoms with Crippen molar-refractivity contribution >= 4 is 25.5 Å². The van der Waals surface area contributed by atoms with E-state index in [0.29, 0.717) is 0 Å². The molecule has 0 saturated carbocycles. The predicted octanol–water partition coefficient (Wildman–Crippen LogP) is 1.29.